The molecule has 0 heterocycles. The van der Waals surface area contributed by atoms with Gasteiger partial charge >= 0.3 is 0 Å². The summed E-state index contributed by atoms with van der Waals surface area (Å²) in [5.74, 6) is 0.747. The van der Waals surface area contributed by atoms with Gasteiger partial charge < -0.3 is 5.32 Å². The predicted molar refractivity (Wildman–Crippen MR) is 89.0 cm³/mol. The van der Waals surface area contributed by atoms with E-state index in [1.807, 2.05) is 0 Å². The Hall–Kier alpha value is -0.860. The lowest BCUT2D eigenvalue weighted by Crippen LogP contribution is -2.30. The number of hydrogen-bond donors (Lipinski definition) is 1. The molecule has 2 nitrogen and oxygen atoms in total. The molecule has 0 saturated carbocycles. The van der Waals surface area contributed by atoms with Crippen LogP contribution in [0.2, 0.25) is 0 Å². The SMILES string of the molecule is Cc1ccc(CN(C)C(C)CCCNCC(C)C)cc1. The summed E-state index contributed by atoms with van der Waals surface area (Å²) in [5.41, 5.74) is 2.74. The second kappa shape index (κ2) is 9.15. The zero-order valence-corrected chi connectivity index (χ0v) is 13.9. The van der Waals surface area contributed by atoms with Crippen molar-refractivity contribution in [2.75, 3.05) is 20.1 Å². The highest BCUT2D eigenvalue weighted by atomic mass is 15.1. The van der Waals surface area contributed by atoms with Crippen LogP contribution in [-0.2, 0) is 6.54 Å². The van der Waals surface area contributed by atoms with E-state index < -0.39 is 0 Å². The lowest BCUT2D eigenvalue weighted by molar-refractivity contribution is 0.234. The Labute approximate surface area is 125 Å². The maximum absolute atomic E-state index is 3.52. The molecule has 114 valence electrons. The number of hydrogen-bond acceptors (Lipinski definition) is 2. The Balaban J connectivity index is 2.21. The molecule has 1 unspecified atom stereocenters. The van der Waals surface area contributed by atoms with Gasteiger partial charge in [-0.2, -0.15) is 0 Å². The van der Waals surface area contributed by atoms with Crippen molar-refractivity contribution in [3.05, 3.63) is 35.4 Å². The van der Waals surface area contributed by atoms with E-state index in [1.54, 1.807) is 0 Å². The van der Waals surface area contributed by atoms with Crippen molar-refractivity contribution in [1.29, 1.82) is 0 Å². The molecule has 0 aliphatic carbocycles. The molecule has 1 aromatic rings. The van der Waals surface area contributed by atoms with Crippen molar-refractivity contribution in [1.82, 2.24) is 10.2 Å². The van der Waals surface area contributed by atoms with Gasteiger partial charge in [-0.3, -0.25) is 4.90 Å². The summed E-state index contributed by atoms with van der Waals surface area (Å²) >= 11 is 0. The van der Waals surface area contributed by atoms with Crippen molar-refractivity contribution in [3.8, 4) is 0 Å². The number of benzene rings is 1. The fourth-order valence-corrected chi connectivity index (χ4v) is 2.27. The first kappa shape index (κ1) is 17.2. The van der Waals surface area contributed by atoms with Gasteiger partial charge in [0, 0.05) is 12.6 Å². The highest BCUT2D eigenvalue weighted by Gasteiger charge is 2.09. The number of aryl methyl sites for hydroxylation is 1. The summed E-state index contributed by atoms with van der Waals surface area (Å²) < 4.78 is 0. The van der Waals surface area contributed by atoms with Gasteiger partial charge in [-0.15, -0.1) is 0 Å². The van der Waals surface area contributed by atoms with Gasteiger partial charge in [0.05, 0.1) is 0 Å². The third-order valence-corrected chi connectivity index (χ3v) is 3.83. The van der Waals surface area contributed by atoms with Crippen LogP contribution in [0.1, 0.15) is 44.7 Å². The third kappa shape index (κ3) is 7.06. The monoisotopic (exact) mass is 276 g/mol. The Morgan fingerprint density at radius 1 is 1.10 bits per heavy atom. The summed E-state index contributed by atoms with van der Waals surface area (Å²) in [4.78, 5) is 2.45. The third-order valence-electron chi connectivity index (χ3n) is 3.83. The smallest absolute Gasteiger partial charge is 0.0233 e. The molecule has 0 bridgehead atoms. The first-order valence-corrected chi connectivity index (χ1v) is 7.95. The van der Waals surface area contributed by atoms with Crippen LogP contribution in [0.5, 0.6) is 0 Å². The molecular weight excluding hydrogens is 244 g/mol. The molecule has 1 rings (SSSR count). The summed E-state index contributed by atoms with van der Waals surface area (Å²) in [6, 6.07) is 9.51. The highest BCUT2D eigenvalue weighted by Crippen LogP contribution is 2.10. The first-order valence-electron chi connectivity index (χ1n) is 7.95. The van der Waals surface area contributed by atoms with Gasteiger partial charge in [-0.1, -0.05) is 43.7 Å². The van der Waals surface area contributed by atoms with Crippen LogP contribution in [0, 0.1) is 12.8 Å². The van der Waals surface area contributed by atoms with E-state index in [9.17, 15) is 0 Å². The molecule has 1 atom stereocenters. The molecule has 0 aromatic heterocycles. The molecule has 0 aliphatic rings. The highest BCUT2D eigenvalue weighted by molar-refractivity contribution is 5.21. The topological polar surface area (TPSA) is 15.3 Å². The Morgan fingerprint density at radius 2 is 1.75 bits per heavy atom. The van der Waals surface area contributed by atoms with E-state index in [0.717, 1.165) is 25.6 Å². The molecule has 0 fully saturated rings. The van der Waals surface area contributed by atoms with Crippen LogP contribution in [-0.4, -0.2) is 31.1 Å². The lowest BCUT2D eigenvalue weighted by atomic mass is 10.1. The van der Waals surface area contributed by atoms with Gasteiger partial charge in [-0.25, -0.2) is 0 Å². The van der Waals surface area contributed by atoms with Crippen LogP contribution in [0.25, 0.3) is 0 Å². The lowest BCUT2D eigenvalue weighted by Gasteiger charge is -2.25. The average Bonchev–Trinajstić information content (AvgIpc) is 2.40. The van der Waals surface area contributed by atoms with Crippen molar-refractivity contribution >= 4 is 0 Å². The summed E-state index contributed by atoms with van der Waals surface area (Å²) in [6.45, 7) is 12.3. The minimum absolute atomic E-state index is 0.636. The molecular formula is C18H32N2. The second-order valence-corrected chi connectivity index (χ2v) is 6.49. The van der Waals surface area contributed by atoms with E-state index in [-0.39, 0.29) is 0 Å². The maximum Gasteiger partial charge on any atom is 0.0233 e. The molecule has 0 aliphatic heterocycles. The first-order chi connectivity index (χ1) is 9.49. The molecule has 0 amide bonds. The van der Waals surface area contributed by atoms with E-state index in [0.29, 0.717) is 6.04 Å². The summed E-state index contributed by atoms with van der Waals surface area (Å²) in [5, 5.41) is 3.52. The minimum Gasteiger partial charge on any atom is -0.316 e. The molecule has 1 N–H and O–H groups in total. The van der Waals surface area contributed by atoms with E-state index in [2.05, 4.69) is 69.2 Å². The number of rotatable bonds is 9. The van der Waals surface area contributed by atoms with Crippen LogP contribution >= 0.6 is 0 Å². The quantitative estimate of drug-likeness (QED) is 0.689. The number of nitrogens with one attached hydrogen (secondary N) is 1. The molecule has 20 heavy (non-hydrogen) atoms. The Bertz CT molecular complexity index is 356. The predicted octanol–water partition coefficient (Wildman–Crippen LogP) is 3.84. The zero-order valence-electron chi connectivity index (χ0n) is 13.9. The summed E-state index contributed by atoms with van der Waals surface area (Å²) in [7, 11) is 2.23. The maximum atomic E-state index is 3.52. The van der Waals surface area contributed by atoms with Gasteiger partial charge in [0.2, 0.25) is 0 Å². The van der Waals surface area contributed by atoms with Gasteiger partial charge in [0.25, 0.3) is 0 Å². The molecule has 0 radical (unpaired) electrons. The molecule has 2 heteroatoms. The van der Waals surface area contributed by atoms with Crippen molar-refractivity contribution in [3.63, 3.8) is 0 Å². The normalized spacial score (nSPS) is 13.2. The summed E-state index contributed by atoms with van der Waals surface area (Å²) in [6.07, 6.45) is 2.51. The Kier molecular flexibility index (Phi) is 7.86. The number of nitrogens with zero attached hydrogens (tertiary/aromatic N) is 1. The molecule has 1 aromatic carbocycles. The van der Waals surface area contributed by atoms with Crippen LogP contribution in [0.4, 0.5) is 0 Å². The average molecular weight is 276 g/mol. The van der Waals surface area contributed by atoms with Gasteiger partial charge in [0.1, 0.15) is 0 Å². The van der Waals surface area contributed by atoms with E-state index in [4.69, 9.17) is 0 Å². The van der Waals surface area contributed by atoms with Crippen molar-refractivity contribution in [2.45, 2.75) is 53.1 Å². The van der Waals surface area contributed by atoms with Crippen molar-refractivity contribution in [2.24, 2.45) is 5.92 Å². The fourth-order valence-electron chi connectivity index (χ4n) is 2.27. The van der Waals surface area contributed by atoms with Crippen molar-refractivity contribution < 1.29 is 0 Å². The second-order valence-electron chi connectivity index (χ2n) is 6.49. The van der Waals surface area contributed by atoms with Gasteiger partial charge in [0.15, 0.2) is 0 Å². The zero-order chi connectivity index (χ0) is 15.0. The van der Waals surface area contributed by atoms with Crippen LogP contribution < -0.4 is 5.32 Å². The van der Waals surface area contributed by atoms with Gasteiger partial charge in [-0.05, 0) is 58.3 Å². The van der Waals surface area contributed by atoms with Crippen LogP contribution in [0.15, 0.2) is 24.3 Å². The minimum atomic E-state index is 0.636. The molecule has 0 saturated heterocycles. The standard InChI is InChI=1S/C18H32N2/c1-15(2)13-19-12-6-7-17(4)20(5)14-18-10-8-16(3)9-11-18/h8-11,15,17,19H,6-7,12-14H2,1-5H3. The van der Waals surface area contributed by atoms with Crippen LogP contribution in [0.3, 0.4) is 0 Å². The van der Waals surface area contributed by atoms with E-state index >= 15 is 0 Å². The van der Waals surface area contributed by atoms with E-state index in [1.165, 1.54) is 24.0 Å². The Morgan fingerprint density at radius 3 is 2.35 bits per heavy atom. The molecule has 0 spiro atoms. The fraction of sp³-hybridized carbons (Fsp3) is 0.667. The largest absolute Gasteiger partial charge is 0.316 e.